The predicted molar refractivity (Wildman–Crippen MR) is 94.2 cm³/mol. The van der Waals surface area contributed by atoms with Crippen molar-refractivity contribution in [1.82, 2.24) is 9.88 Å². The van der Waals surface area contributed by atoms with Crippen molar-refractivity contribution in [1.29, 1.82) is 0 Å². The Bertz CT molecular complexity index is 847. The molecular formula is C17H14BrFN2OS. The minimum atomic E-state index is -0.526. The number of hydrogen-bond donors (Lipinski definition) is 0. The maximum Gasteiger partial charge on any atom is 0.257 e. The lowest BCUT2D eigenvalue weighted by Gasteiger charge is -2.23. The third kappa shape index (κ3) is 3.14. The molecule has 6 heteroatoms. The summed E-state index contributed by atoms with van der Waals surface area (Å²) in [4.78, 5) is 18.7. The predicted octanol–water partition coefficient (Wildman–Crippen LogP) is 5.03. The normalized spacial score (nSPS) is 12.3. The molecule has 1 aromatic heterocycles. The Balaban J connectivity index is 1.90. The summed E-state index contributed by atoms with van der Waals surface area (Å²) < 4.78 is 15.7. The number of carbonyl (C=O) groups is 1. The molecule has 0 unspecified atom stereocenters. The lowest BCUT2D eigenvalue weighted by Crippen LogP contribution is -2.30. The maximum absolute atomic E-state index is 13.9. The Labute approximate surface area is 145 Å². The van der Waals surface area contributed by atoms with Crippen LogP contribution in [0.2, 0.25) is 0 Å². The fraction of sp³-hybridized carbons (Fsp3) is 0.176. The summed E-state index contributed by atoms with van der Waals surface area (Å²) >= 11 is 4.82. The fourth-order valence-corrected chi connectivity index (χ4v) is 3.69. The zero-order valence-electron chi connectivity index (χ0n) is 12.6. The van der Waals surface area contributed by atoms with Crippen LogP contribution in [0.1, 0.15) is 28.3 Å². The summed E-state index contributed by atoms with van der Waals surface area (Å²) in [5.74, 6) is -0.892. The van der Waals surface area contributed by atoms with Crippen LogP contribution in [0.25, 0.3) is 10.2 Å². The average molecular weight is 393 g/mol. The number of fused-ring (bicyclic) bond motifs is 1. The molecule has 0 N–H and O–H groups in total. The van der Waals surface area contributed by atoms with Gasteiger partial charge in [0.25, 0.3) is 5.91 Å². The molecular weight excluding hydrogens is 379 g/mol. The van der Waals surface area contributed by atoms with Gasteiger partial charge in [-0.05, 0) is 37.3 Å². The first-order valence-electron chi connectivity index (χ1n) is 7.05. The van der Waals surface area contributed by atoms with Gasteiger partial charge >= 0.3 is 0 Å². The van der Waals surface area contributed by atoms with Crippen molar-refractivity contribution in [2.45, 2.75) is 13.0 Å². The van der Waals surface area contributed by atoms with Crippen LogP contribution in [-0.2, 0) is 0 Å². The molecule has 1 atom stereocenters. The van der Waals surface area contributed by atoms with Gasteiger partial charge in [-0.3, -0.25) is 4.79 Å². The van der Waals surface area contributed by atoms with Crippen LogP contribution in [0, 0.1) is 5.82 Å². The third-order valence-corrected chi connectivity index (χ3v) is 5.43. The van der Waals surface area contributed by atoms with E-state index in [4.69, 9.17) is 0 Å². The Morgan fingerprint density at radius 1 is 1.30 bits per heavy atom. The van der Waals surface area contributed by atoms with E-state index in [0.29, 0.717) is 4.47 Å². The van der Waals surface area contributed by atoms with E-state index in [-0.39, 0.29) is 17.5 Å². The lowest BCUT2D eigenvalue weighted by atomic mass is 10.1. The molecule has 0 saturated carbocycles. The molecule has 3 rings (SSSR count). The van der Waals surface area contributed by atoms with Crippen molar-refractivity contribution in [2.24, 2.45) is 0 Å². The van der Waals surface area contributed by atoms with Crippen molar-refractivity contribution < 1.29 is 9.18 Å². The highest BCUT2D eigenvalue weighted by atomic mass is 79.9. The van der Waals surface area contributed by atoms with E-state index in [2.05, 4.69) is 20.9 Å². The van der Waals surface area contributed by atoms with Crippen molar-refractivity contribution in [3.8, 4) is 0 Å². The van der Waals surface area contributed by atoms with E-state index in [0.717, 1.165) is 15.2 Å². The molecule has 0 bridgehead atoms. The first-order valence-corrected chi connectivity index (χ1v) is 8.66. The topological polar surface area (TPSA) is 33.2 Å². The number of nitrogens with zero attached hydrogens (tertiary/aromatic N) is 2. The highest BCUT2D eigenvalue weighted by molar-refractivity contribution is 9.10. The van der Waals surface area contributed by atoms with Gasteiger partial charge in [0.1, 0.15) is 10.8 Å². The highest BCUT2D eigenvalue weighted by Gasteiger charge is 2.24. The Morgan fingerprint density at radius 2 is 2.04 bits per heavy atom. The van der Waals surface area contributed by atoms with Gasteiger partial charge < -0.3 is 4.90 Å². The number of benzene rings is 2. The van der Waals surface area contributed by atoms with E-state index in [9.17, 15) is 9.18 Å². The van der Waals surface area contributed by atoms with E-state index in [1.807, 2.05) is 31.2 Å². The second kappa shape index (κ2) is 6.37. The van der Waals surface area contributed by atoms with Crippen molar-refractivity contribution in [2.75, 3.05) is 7.05 Å². The number of amides is 1. The summed E-state index contributed by atoms with van der Waals surface area (Å²) in [6, 6.07) is 12.0. The molecule has 2 aromatic carbocycles. The van der Waals surface area contributed by atoms with Gasteiger partial charge in [0.2, 0.25) is 0 Å². The summed E-state index contributed by atoms with van der Waals surface area (Å²) in [5, 5.41) is 0.831. The zero-order valence-corrected chi connectivity index (χ0v) is 15.0. The number of rotatable bonds is 3. The quantitative estimate of drug-likeness (QED) is 0.625. The van der Waals surface area contributed by atoms with E-state index in [1.54, 1.807) is 24.5 Å². The Hall–Kier alpha value is -1.79. The van der Waals surface area contributed by atoms with Gasteiger partial charge in [-0.25, -0.2) is 9.37 Å². The molecule has 0 aliphatic heterocycles. The third-order valence-electron chi connectivity index (χ3n) is 3.73. The molecule has 0 radical (unpaired) electrons. The van der Waals surface area contributed by atoms with Crippen LogP contribution in [0.3, 0.4) is 0 Å². The zero-order chi connectivity index (χ0) is 16.6. The molecule has 118 valence electrons. The first kappa shape index (κ1) is 16.1. The highest BCUT2D eigenvalue weighted by Crippen LogP contribution is 2.30. The van der Waals surface area contributed by atoms with Crippen molar-refractivity contribution in [3.05, 3.63) is 63.3 Å². The minimum absolute atomic E-state index is 0.0508. The molecule has 0 spiro atoms. The second-order valence-corrected chi connectivity index (χ2v) is 7.21. The van der Waals surface area contributed by atoms with Crippen LogP contribution >= 0.6 is 27.3 Å². The molecule has 1 heterocycles. The molecule has 1 amide bonds. The number of para-hydroxylation sites is 1. The lowest BCUT2D eigenvalue weighted by molar-refractivity contribution is 0.0737. The van der Waals surface area contributed by atoms with Gasteiger partial charge in [0.15, 0.2) is 0 Å². The van der Waals surface area contributed by atoms with Crippen molar-refractivity contribution in [3.63, 3.8) is 0 Å². The maximum atomic E-state index is 13.9. The number of hydrogen-bond acceptors (Lipinski definition) is 3. The van der Waals surface area contributed by atoms with Gasteiger partial charge in [-0.15, -0.1) is 11.3 Å². The van der Waals surface area contributed by atoms with E-state index >= 15 is 0 Å². The second-order valence-electron chi connectivity index (χ2n) is 5.24. The number of carbonyl (C=O) groups excluding carboxylic acids is 1. The molecule has 0 saturated heterocycles. The first-order chi connectivity index (χ1) is 11.0. The average Bonchev–Trinajstić information content (AvgIpc) is 2.99. The summed E-state index contributed by atoms with van der Waals surface area (Å²) in [7, 11) is 1.67. The van der Waals surface area contributed by atoms with Gasteiger partial charge in [0.05, 0.1) is 21.8 Å². The van der Waals surface area contributed by atoms with Crippen LogP contribution < -0.4 is 0 Å². The summed E-state index contributed by atoms with van der Waals surface area (Å²) in [6.07, 6.45) is 0. The van der Waals surface area contributed by atoms with Gasteiger partial charge in [-0.1, -0.05) is 28.1 Å². The summed E-state index contributed by atoms with van der Waals surface area (Å²) in [6.45, 7) is 1.89. The molecule has 3 nitrogen and oxygen atoms in total. The van der Waals surface area contributed by atoms with E-state index in [1.165, 1.54) is 17.0 Å². The Kier molecular flexibility index (Phi) is 4.46. The molecule has 23 heavy (non-hydrogen) atoms. The standard InChI is InChI=1S/C17H14BrFN2OS/c1-10(16-20-14-5-3-4-6-15(14)23-16)21(2)17(22)12-9-11(18)7-8-13(12)19/h3-10H,1-2H3/t10-/m1/s1. The largest absolute Gasteiger partial charge is 0.332 e. The fourth-order valence-electron chi connectivity index (χ4n) is 2.26. The number of aromatic nitrogens is 1. The smallest absolute Gasteiger partial charge is 0.257 e. The Morgan fingerprint density at radius 3 is 2.78 bits per heavy atom. The van der Waals surface area contributed by atoms with Crippen molar-refractivity contribution >= 4 is 43.4 Å². The molecule has 3 aromatic rings. The van der Waals surface area contributed by atoms with Crippen LogP contribution in [-0.4, -0.2) is 22.8 Å². The summed E-state index contributed by atoms with van der Waals surface area (Å²) in [5.41, 5.74) is 0.962. The van der Waals surface area contributed by atoms with Gasteiger partial charge in [0, 0.05) is 11.5 Å². The monoisotopic (exact) mass is 392 g/mol. The molecule has 0 fully saturated rings. The van der Waals surface area contributed by atoms with Gasteiger partial charge in [-0.2, -0.15) is 0 Å². The van der Waals surface area contributed by atoms with Crippen LogP contribution in [0.5, 0.6) is 0 Å². The molecule has 0 aliphatic carbocycles. The minimum Gasteiger partial charge on any atom is -0.332 e. The number of halogens is 2. The van der Waals surface area contributed by atoms with Crippen LogP contribution in [0.4, 0.5) is 4.39 Å². The number of thiazole rings is 1. The SMILES string of the molecule is C[C@H](c1nc2ccccc2s1)N(C)C(=O)c1cc(Br)ccc1F. The van der Waals surface area contributed by atoms with E-state index < -0.39 is 5.82 Å². The van der Waals surface area contributed by atoms with Crippen LogP contribution in [0.15, 0.2) is 46.9 Å². The molecule has 0 aliphatic rings.